The number of amides is 3. The van der Waals surface area contributed by atoms with Crippen molar-refractivity contribution in [2.45, 2.75) is 83.3 Å². The molecule has 1 aliphatic rings. The van der Waals surface area contributed by atoms with Crippen LogP contribution in [0, 0.1) is 5.92 Å². The van der Waals surface area contributed by atoms with Gasteiger partial charge >= 0.3 is 5.97 Å². The van der Waals surface area contributed by atoms with Crippen molar-refractivity contribution in [1.82, 2.24) is 15.5 Å². The lowest BCUT2D eigenvalue weighted by Crippen LogP contribution is -2.60. The van der Waals surface area contributed by atoms with Gasteiger partial charge in [0.25, 0.3) is 0 Å². The molecule has 1 saturated heterocycles. The smallest absolute Gasteiger partial charge is 0.326 e. The molecule has 0 radical (unpaired) electrons. The second-order valence-electron chi connectivity index (χ2n) is 8.21. The van der Waals surface area contributed by atoms with E-state index in [1.54, 1.807) is 0 Å². The molecule has 1 heterocycles. The Bertz CT molecular complexity index is 638. The van der Waals surface area contributed by atoms with E-state index in [2.05, 4.69) is 10.6 Å². The first kappa shape index (κ1) is 25.8. The first-order chi connectivity index (χ1) is 13.9. The van der Waals surface area contributed by atoms with Crippen LogP contribution in [-0.4, -0.2) is 86.8 Å². The zero-order chi connectivity index (χ0) is 23.2. The third-order valence-corrected chi connectivity index (χ3v) is 5.03. The number of hydrogen-bond acceptors (Lipinski definition) is 7. The summed E-state index contributed by atoms with van der Waals surface area (Å²) in [5.41, 5.74) is 5.57. The maximum atomic E-state index is 13.0. The van der Waals surface area contributed by atoms with Crippen molar-refractivity contribution in [3.8, 4) is 0 Å². The molecule has 0 saturated carbocycles. The molecular formula is C19H34N4O7. The lowest BCUT2D eigenvalue weighted by molar-refractivity contribution is -0.146. The van der Waals surface area contributed by atoms with Crippen molar-refractivity contribution >= 4 is 23.7 Å². The molecule has 11 nitrogen and oxygen atoms in total. The summed E-state index contributed by atoms with van der Waals surface area (Å²) in [4.78, 5) is 50.5. The highest BCUT2D eigenvalue weighted by molar-refractivity contribution is 5.94. The quantitative estimate of drug-likeness (QED) is 0.234. The van der Waals surface area contributed by atoms with Crippen LogP contribution in [0.3, 0.4) is 0 Å². The predicted octanol–water partition coefficient (Wildman–Crippen LogP) is -1.83. The van der Waals surface area contributed by atoms with Crippen LogP contribution in [0.4, 0.5) is 0 Å². The Balaban J connectivity index is 2.93. The molecule has 0 spiro atoms. The molecule has 7 N–H and O–H groups in total. The first-order valence-electron chi connectivity index (χ1n) is 10.1. The monoisotopic (exact) mass is 430 g/mol. The molecule has 0 aliphatic carbocycles. The van der Waals surface area contributed by atoms with E-state index in [1.807, 2.05) is 13.8 Å². The Morgan fingerprint density at radius 3 is 2.13 bits per heavy atom. The number of nitrogens with two attached hydrogens (primary N) is 1. The molecule has 0 aromatic heterocycles. The lowest BCUT2D eigenvalue weighted by Gasteiger charge is -2.31. The van der Waals surface area contributed by atoms with Gasteiger partial charge in [-0.3, -0.25) is 14.4 Å². The molecule has 30 heavy (non-hydrogen) atoms. The van der Waals surface area contributed by atoms with E-state index < -0.39 is 60.1 Å². The zero-order valence-electron chi connectivity index (χ0n) is 17.9. The second-order valence-corrected chi connectivity index (χ2v) is 8.21. The first-order valence-corrected chi connectivity index (χ1v) is 10.1. The summed E-state index contributed by atoms with van der Waals surface area (Å²) in [5, 5.41) is 33.6. The van der Waals surface area contributed by atoms with Gasteiger partial charge in [0.15, 0.2) is 0 Å². The largest absolute Gasteiger partial charge is 0.480 e. The molecule has 0 aromatic rings. The fourth-order valence-electron chi connectivity index (χ4n) is 3.30. The number of carbonyl (C=O) groups is 4. The van der Waals surface area contributed by atoms with Gasteiger partial charge < -0.3 is 36.6 Å². The van der Waals surface area contributed by atoms with Crippen molar-refractivity contribution in [3.05, 3.63) is 0 Å². The summed E-state index contributed by atoms with van der Waals surface area (Å²) in [7, 11) is 0. The van der Waals surface area contributed by atoms with Crippen molar-refractivity contribution in [1.29, 1.82) is 0 Å². The molecule has 0 bridgehead atoms. The van der Waals surface area contributed by atoms with Crippen molar-refractivity contribution in [3.63, 3.8) is 0 Å². The number of hydrogen-bond donors (Lipinski definition) is 6. The molecule has 172 valence electrons. The van der Waals surface area contributed by atoms with E-state index in [1.165, 1.54) is 18.7 Å². The van der Waals surface area contributed by atoms with E-state index in [0.717, 1.165) is 0 Å². The van der Waals surface area contributed by atoms with Crippen molar-refractivity contribution in [2.75, 3.05) is 6.54 Å². The Kier molecular flexibility index (Phi) is 9.66. The van der Waals surface area contributed by atoms with Gasteiger partial charge in [0.05, 0.1) is 12.2 Å². The van der Waals surface area contributed by atoms with Crippen LogP contribution in [-0.2, 0) is 19.2 Å². The van der Waals surface area contributed by atoms with Gasteiger partial charge in [0.1, 0.15) is 24.2 Å². The average Bonchev–Trinajstić information content (AvgIpc) is 3.13. The van der Waals surface area contributed by atoms with E-state index in [-0.39, 0.29) is 18.9 Å². The summed E-state index contributed by atoms with van der Waals surface area (Å²) in [6.45, 7) is 6.52. The molecule has 3 amide bonds. The Labute approximate surface area is 176 Å². The Hall–Kier alpha value is -2.24. The van der Waals surface area contributed by atoms with Gasteiger partial charge in [-0.25, -0.2) is 4.79 Å². The number of likely N-dealkylation sites (tertiary alicyclic amines) is 1. The maximum Gasteiger partial charge on any atom is 0.326 e. The van der Waals surface area contributed by atoms with E-state index in [4.69, 9.17) is 5.73 Å². The average molecular weight is 431 g/mol. The van der Waals surface area contributed by atoms with Crippen molar-refractivity contribution in [2.24, 2.45) is 11.7 Å². The number of carbonyl (C=O) groups excluding carboxylic acids is 3. The summed E-state index contributed by atoms with van der Waals surface area (Å²) >= 11 is 0. The van der Waals surface area contributed by atoms with Crippen LogP contribution in [0.25, 0.3) is 0 Å². The minimum atomic E-state index is -1.36. The van der Waals surface area contributed by atoms with Crippen LogP contribution in [0.1, 0.15) is 47.0 Å². The summed E-state index contributed by atoms with van der Waals surface area (Å²) in [6, 6.07) is -4.63. The van der Waals surface area contributed by atoms with Gasteiger partial charge in [0, 0.05) is 6.54 Å². The molecule has 1 aliphatic heterocycles. The van der Waals surface area contributed by atoms with Gasteiger partial charge in [-0.2, -0.15) is 0 Å². The standard InChI is InChI=1S/C19H34N4O7/c1-9(2)8-12(19(29)30)21-16(26)13-6-5-7-23(13)18(28)15(11(4)25)22-17(27)14(20)10(3)24/h9-15,24-25H,5-8,20H2,1-4H3,(H,21,26)(H,22,27)(H,29,30). The number of nitrogens with one attached hydrogen (secondary N) is 2. The van der Waals surface area contributed by atoms with E-state index in [0.29, 0.717) is 12.8 Å². The molecule has 6 atom stereocenters. The van der Waals surface area contributed by atoms with Crippen LogP contribution < -0.4 is 16.4 Å². The van der Waals surface area contributed by atoms with Crippen molar-refractivity contribution < 1.29 is 34.5 Å². The third kappa shape index (κ3) is 6.92. The predicted molar refractivity (Wildman–Crippen MR) is 107 cm³/mol. The molecule has 6 unspecified atom stereocenters. The molecule has 0 aromatic carbocycles. The summed E-state index contributed by atoms with van der Waals surface area (Å²) in [5.74, 6) is -3.20. The number of aliphatic carboxylic acids is 1. The number of aliphatic hydroxyl groups is 2. The highest BCUT2D eigenvalue weighted by atomic mass is 16.4. The van der Waals surface area contributed by atoms with Gasteiger partial charge in [-0.1, -0.05) is 13.8 Å². The number of carboxylic acids is 1. The Morgan fingerprint density at radius 2 is 1.67 bits per heavy atom. The van der Waals surface area contributed by atoms with Gasteiger partial charge in [-0.15, -0.1) is 0 Å². The van der Waals surface area contributed by atoms with Gasteiger partial charge in [-0.05, 0) is 39.0 Å². The number of carboxylic acid groups (broad SMARTS) is 1. The minimum Gasteiger partial charge on any atom is -0.480 e. The van der Waals surface area contributed by atoms with Gasteiger partial charge in [0.2, 0.25) is 17.7 Å². The molecular weight excluding hydrogens is 396 g/mol. The highest BCUT2D eigenvalue weighted by Crippen LogP contribution is 2.20. The summed E-state index contributed by atoms with van der Waals surface area (Å²) < 4.78 is 0. The zero-order valence-corrected chi connectivity index (χ0v) is 17.9. The molecule has 1 rings (SSSR count). The minimum absolute atomic E-state index is 0.0423. The second kappa shape index (κ2) is 11.2. The molecule has 11 heteroatoms. The fraction of sp³-hybridized carbons (Fsp3) is 0.789. The topological polar surface area (TPSA) is 182 Å². The van der Waals surface area contributed by atoms with Crippen LogP contribution in [0.5, 0.6) is 0 Å². The number of nitrogens with zero attached hydrogens (tertiary/aromatic N) is 1. The third-order valence-electron chi connectivity index (χ3n) is 5.03. The van der Waals surface area contributed by atoms with Crippen LogP contribution in [0.15, 0.2) is 0 Å². The maximum absolute atomic E-state index is 13.0. The van der Waals surface area contributed by atoms with E-state index in [9.17, 15) is 34.5 Å². The lowest BCUT2D eigenvalue weighted by atomic mass is 10.0. The molecule has 1 fully saturated rings. The number of aliphatic hydroxyl groups excluding tert-OH is 2. The Morgan fingerprint density at radius 1 is 1.07 bits per heavy atom. The van der Waals surface area contributed by atoms with Crippen LogP contribution in [0.2, 0.25) is 0 Å². The van der Waals surface area contributed by atoms with Crippen LogP contribution >= 0.6 is 0 Å². The normalized spacial score (nSPS) is 21.5. The van der Waals surface area contributed by atoms with E-state index >= 15 is 0 Å². The highest BCUT2D eigenvalue weighted by Gasteiger charge is 2.40. The fourth-order valence-corrected chi connectivity index (χ4v) is 3.30. The SMILES string of the molecule is CC(C)CC(NC(=O)C1CCCN1C(=O)C(NC(=O)C(N)C(C)O)C(C)O)C(=O)O. The summed E-state index contributed by atoms with van der Waals surface area (Å²) in [6.07, 6.45) is -1.35. The number of rotatable bonds is 10.